The number of aromatic nitrogens is 2. The highest BCUT2D eigenvalue weighted by atomic mass is 32.2. The predicted octanol–water partition coefficient (Wildman–Crippen LogP) is 3.34. The van der Waals surface area contributed by atoms with Crippen molar-refractivity contribution in [2.45, 2.75) is 24.1 Å². The van der Waals surface area contributed by atoms with E-state index >= 15 is 0 Å². The highest BCUT2D eigenvalue weighted by Gasteiger charge is 2.20. The number of carbonyl (C=O) groups excluding carboxylic acids is 2. The number of rotatable bonds is 4. The summed E-state index contributed by atoms with van der Waals surface area (Å²) in [5.41, 5.74) is 6.11. The van der Waals surface area contributed by atoms with Crippen LogP contribution < -0.4 is 11.1 Å². The number of imide groups is 1. The topological polar surface area (TPSA) is 98.0 Å². The Morgan fingerprint density at radius 3 is 2.64 bits per heavy atom. The van der Waals surface area contributed by atoms with Crippen LogP contribution in [-0.2, 0) is 4.79 Å². The van der Waals surface area contributed by atoms with Crippen LogP contribution >= 0.6 is 23.1 Å². The van der Waals surface area contributed by atoms with Gasteiger partial charge in [-0.15, -0.1) is 11.3 Å². The van der Waals surface area contributed by atoms with Gasteiger partial charge in [0.15, 0.2) is 0 Å². The molecule has 6 nitrogen and oxygen atoms in total. The van der Waals surface area contributed by atoms with Crippen molar-refractivity contribution in [3.63, 3.8) is 0 Å². The minimum Gasteiger partial charge on any atom is -0.351 e. The highest BCUT2D eigenvalue weighted by molar-refractivity contribution is 8.00. The van der Waals surface area contributed by atoms with Crippen LogP contribution in [0.5, 0.6) is 0 Å². The van der Waals surface area contributed by atoms with E-state index in [9.17, 15) is 9.59 Å². The summed E-state index contributed by atoms with van der Waals surface area (Å²) in [6.07, 6.45) is 0. The minimum absolute atomic E-state index is 0.444. The number of thiophene rings is 1. The van der Waals surface area contributed by atoms with Crippen molar-refractivity contribution in [1.29, 1.82) is 0 Å². The number of carbonyl (C=O) groups is 2. The number of fused-ring (bicyclic) bond motifs is 1. The fourth-order valence-corrected chi connectivity index (χ4v) is 4.39. The van der Waals surface area contributed by atoms with Crippen molar-refractivity contribution in [2.24, 2.45) is 5.73 Å². The van der Waals surface area contributed by atoms with Crippen LogP contribution in [0.2, 0.25) is 0 Å². The third-order valence-electron chi connectivity index (χ3n) is 3.43. The molecular formula is C17H16N4O2S2. The largest absolute Gasteiger partial charge is 0.351 e. The Hall–Kier alpha value is -2.45. The van der Waals surface area contributed by atoms with Crippen molar-refractivity contribution in [1.82, 2.24) is 15.3 Å². The van der Waals surface area contributed by atoms with E-state index in [1.807, 2.05) is 43.3 Å². The SMILES string of the molecule is Cc1nc(S[C@H](C)C(=O)NC(N)=O)c2cc(-c3ccccc3)sc2n1. The summed E-state index contributed by atoms with van der Waals surface area (Å²) in [6.45, 7) is 3.52. The van der Waals surface area contributed by atoms with E-state index < -0.39 is 17.2 Å². The number of amides is 3. The summed E-state index contributed by atoms with van der Waals surface area (Å²) in [5, 5.41) is 3.20. The van der Waals surface area contributed by atoms with Crippen molar-refractivity contribution in [3.8, 4) is 10.4 Å². The maximum Gasteiger partial charge on any atom is 0.318 e. The first-order valence-electron chi connectivity index (χ1n) is 7.54. The van der Waals surface area contributed by atoms with Crippen LogP contribution in [0, 0.1) is 6.92 Å². The number of nitrogens with zero attached hydrogens (tertiary/aromatic N) is 2. The second-order valence-electron chi connectivity index (χ2n) is 5.39. The molecule has 0 saturated carbocycles. The zero-order valence-corrected chi connectivity index (χ0v) is 15.3. The first kappa shape index (κ1) is 17.4. The molecule has 3 N–H and O–H groups in total. The normalized spacial score (nSPS) is 12.1. The Morgan fingerprint density at radius 1 is 1.24 bits per heavy atom. The first-order chi connectivity index (χ1) is 11.9. The molecular weight excluding hydrogens is 356 g/mol. The fourth-order valence-electron chi connectivity index (χ4n) is 2.28. The van der Waals surface area contributed by atoms with Gasteiger partial charge in [0.2, 0.25) is 5.91 Å². The average Bonchev–Trinajstić information content (AvgIpc) is 2.99. The van der Waals surface area contributed by atoms with E-state index in [0.717, 1.165) is 20.7 Å². The molecule has 1 aromatic carbocycles. The zero-order chi connectivity index (χ0) is 18.0. The van der Waals surface area contributed by atoms with Gasteiger partial charge >= 0.3 is 6.03 Å². The van der Waals surface area contributed by atoms with Gasteiger partial charge in [-0.1, -0.05) is 42.1 Å². The van der Waals surface area contributed by atoms with Gasteiger partial charge in [-0.25, -0.2) is 14.8 Å². The first-order valence-corrected chi connectivity index (χ1v) is 9.24. The Bertz CT molecular complexity index is 940. The van der Waals surface area contributed by atoms with E-state index in [4.69, 9.17) is 5.73 Å². The maximum absolute atomic E-state index is 11.9. The molecule has 0 radical (unpaired) electrons. The molecule has 1 atom stereocenters. The van der Waals surface area contributed by atoms with Gasteiger partial charge in [-0.2, -0.15) is 0 Å². The summed E-state index contributed by atoms with van der Waals surface area (Å²) in [4.78, 5) is 33.7. The number of benzene rings is 1. The van der Waals surface area contributed by atoms with Crippen molar-refractivity contribution >= 4 is 45.3 Å². The predicted molar refractivity (Wildman–Crippen MR) is 101 cm³/mol. The van der Waals surface area contributed by atoms with Gasteiger partial charge in [-0.05, 0) is 25.5 Å². The van der Waals surface area contributed by atoms with Crippen LogP contribution in [-0.4, -0.2) is 27.2 Å². The molecule has 0 unspecified atom stereocenters. The van der Waals surface area contributed by atoms with E-state index in [0.29, 0.717) is 10.9 Å². The lowest BCUT2D eigenvalue weighted by molar-refractivity contribution is -0.119. The lowest BCUT2D eigenvalue weighted by Gasteiger charge is -2.10. The summed E-state index contributed by atoms with van der Waals surface area (Å²) in [6, 6.07) is 11.2. The smallest absolute Gasteiger partial charge is 0.318 e. The molecule has 25 heavy (non-hydrogen) atoms. The minimum atomic E-state index is -0.858. The van der Waals surface area contributed by atoms with Gasteiger partial charge < -0.3 is 5.73 Å². The molecule has 3 aromatic rings. The third kappa shape index (κ3) is 3.97. The lowest BCUT2D eigenvalue weighted by Crippen LogP contribution is -2.39. The molecule has 0 saturated heterocycles. The molecule has 3 amide bonds. The molecule has 0 aliphatic heterocycles. The number of primary amides is 1. The van der Waals surface area contributed by atoms with Crippen molar-refractivity contribution < 1.29 is 9.59 Å². The van der Waals surface area contributed by atoms with Crippen LogP contribution in [0.3, 0.4) is 0 Å². The van der Waals surface area contributed by atoms with Crippen LogP contribution in [0.25, 0.3) is 20.7 Å². The molecule has 128 valence electrons. The lowest BCUT2D eigenvalue weighted by atomic mass is 10.2. The highest BCUT2D eigenvalue weighted by Crippen LogP contribution is 2.37. The van der Waals surface area contributed by atoms with Gasteiger partial charge in [-0.3, -0.25) is 10.1 Å². The summed E-state index contributed by atoms with van der Waals surface area (Å²) >= 11 is 2.87. The Kier molecular flexibility index (Phi) is 5.00. The molecule has 0 fully saturated rings. The second kappa shape index (κ2) is 7.20. The zero-order valence-electron chi connectivity index (χ0n) is 13.6. The number of thioether (sulfide) groups is 1. The van der Waals surface area contributed by atoms with E-state index in [1.54, 1.807) is 18.3 Å². The molecule has 2 heterocycles. The number of hydrogen-bond acceptors (Lipinski definition) is 6. The van der Waals surface area contributed by atoms with E-state index in [1.165, 1.54) is 11.8 Å². The molecule has 0 bridgehead atoms. The summed E-state index contributed by atoms with van der Waals surface area (Å²) in [7, 11) is 0. The number of nitrogens with one attached hydrogen (secondary N) is 1. The monoisotopic (exact) mass is 372 g/mol. The molecule has 3 rings (SSSR count). The van der Waals surface area contributed by atoms with Crippen LogP contribution in [0.15, 0.2) is 41.4 Å². The van der Waals surface area contributed by atoms with Gasteiger partial charge in [0.1, 0.15) is 15.7 Å². The number of urea groups is 1. The molecule has 0 aliphatic rings. The van der Waals surface area contributed by atoms with Crippen LogP contribution in [0.4, 0.5) is 4.79 Å². The van der Waals surface area contributed by atoms with E-state index in [-0.39, 0.29) is 0 Å². The summed E-state index contributed by atoms with van der Waals surface area (Å²) < 4.78 is 0. The van der Waals surface area contributed by atoms with E-state index in [2.05, 4.69) is 15.3 Å². The molecule has 0 spiro atoms. The number of hydrogen-bond donors (Lipinski definition) is 2. The third-order valence-corrected chi connectivity index (χ3v) is 5.61. The molecule has 0 aliphatic carbocycles. The summed E-state index contributed by atoms with van der Waals surface area (Å²) in [5.74, 6) is 0.194. The number of nitrogens with two attached hydrogens (primary N) is 1. The maximum atomic E-state index is 11.9. The molecule has 2 aromatic heterocycles. The quantitative estimate of drug-likeness (QED) is 0.541. The molecule has 8 heteroatoms. The Balaban J connectivity index is 1.96. The standard InChI is InChI=1S/C17H16N4O2S2/c1-9(14(22)21-17(18)23)24-15-12-8-13(11-6-4-3-5-7-11)25-16(12)20-10(2)19-15/h3-9H,1-2H3,(H3,18,21,22,23)/t9-/m1/s1. The van der Waals surface area contributed by atoms with Crippen LogP contribution in [0.1, 0.15) is 12.7 Å². The van der Waals surface area contributed by atoms with Gasteiger partial charge in [0.25, 0.3) is 0 Å². The van der Waals surface area contributed by atoms with Gasteiger partial charge in [0, 0.05) is 10.3 Å². The van der Waals surface area contributed by atoms with Gasteiger partial charge in [0.05, 0.1) is 5.25 Å². The number of aryl methyl sites for hydroxylation is 1. The Labute approximate surface area is 152 Å². The van der Waals surface area contributed by atoms with Crippen molar-refractivity contribution in [2.75, 3.05) is 0 Å². The van der Waals surface area contributed by atoms with Crippen molar-refractivity contribution in [3.05, 3.63) is 42.2 Å². The fraction of sp³-hybridized carbons (Fsp3) is 0.176. The average molecular weight is 372 g/mol. The second-order valence-corrected chi connectivity index (χ2v) is 7.75. The Morgan fingerprint density at radius 2 is 1.96 bits per heavy atom.